The molecular formula is C24H29N3O8S. The normalized spacial score (nSPS) is 19.1. The first-order valence-electron chi connectivity index (χ1n) is 11.2. The fourth-order valence-corrected chi connectivity index (χ4v) is 5.09. The molecule has 1 aromatic carbocycles. The minimum atomic E-state index is -1.30. The first-order valence-corrected chi connectivity index (χ1v) is 12.3. The monoisotopic (exact) mass is 519 g/mol. The van der Waals surface area contributed by atoms with Crippen molar-refractivity contribution in [1.29, 1.82) is 0 Å². The van der Waals surface area contributed by atoms with Crippen LogP contribution in [0, 0.1) is 0 Å². The number of nitrogens with zero attached hydrogens (tertiary/aromatic N) is 1. The maximum absolute atomic E-state index is 12.8. The Bertz CT molecular complexity index is 1110. The number of benzene rings is 1. The molecule has 1 saturated heterocycles. The van der Waals surface area contributed by atoms with E-state index in [1.165, 1.54) is 18.7 Å². The molecule has 0 aromatic heterocycles. The van der Waals surface area contributed by atoms with Gasteiger partial charge in [-0.2, -0.15) is 0 Å². The number of hydrogen-bond donors (Lipinski definition) is 3. The molecule has 2 heterocycles. The van der Waals surface area contributed by atoms with Gasteiger partial charge in [-0.25, -0.2) is 9.59 Å². The van der Waals surface area contributed by atoms with Crippen molar-refractivity contribution in [3.8, 4) is 0 Å². The molecule has 0 bridgehead atoms. The highest BCUT2D eigenvalue weighted by Gasteiger charge is 2.54. The highest BCUT2D eigenvalue weighted by Crippen LogP contribution is 2.40. The SMILES string of the molecule is CC(=O)OCC1=C(C(=O)O)N2C(=O)[C@@H](NC(=O)Cc3ccccc3CNC(=O)OC(C)(C)C)[C@H]2SC1. The smallest absolute Gasteiger partial charge is 0.407 e. The molecule has 12 heteroatoms. The van der Waals surface area contributed by atoms with Gasteiger partial charge in [0.25, 0.3) is 5.91 Å². The van der Waals surface area contributed by atoms with Gasteiger partial charge in [-0.3, -0.25) is 19.3 Å². The average molecular weight is 520 g/mol. The van der Waals surface area contributed by atoms with Crippen molar-refractivity contribution in [2.45, 2.75) is 57.7 Å². The second kappa shape index (κ2) is 11.0. The Balaban J connectivity index is 1.62. The van der Waals surface area contributed by atoms with Crippen LogP contribution in [0.1, 0.15) is 38.8 Å². The molecule has 3 amide bonds. The second-order valence-electron chi connectivity index (χ2n) is 9.29. The molecule has 36 heavy (non-hydrogen) atoms. The lowest BCUT2D eigenvalue weighted by molar-refractivity contribution is -0.151. The number of aliphatic carboxylic acids is 1. The van der Waals surface area contributed by atoms with Crippen LogP contribution >= 0.6 is 11.8 Å². The van der Waals surface area contributed by atoms with Crippen LogP contribution in [0.3, 0.4) is 0 Å². The minimum Gasteiger partial charge on any atom is -0.477 e. The van der Waals surface area contributed by atoms with E-state index in [2.05, 4.69) is 10.6 Å². The van der Waals surface area contributed by atoms with E-state index in [0.717, 1.165) is 10.5 Å². The molecule has 0 spiro atoms. The van der Waals surface area contributed by atoms with E-state index in [9.17, 15) is 29.1 Å². The molecule has 3 N–H and O–H groups in total. The van der Waals surface area contributed by atoms with Gasteiger partial charge in [0.15, 0.2) is 0 Å². The number of amides is 3. The van der Waals surface area contributed by atoms with E-state index in [1.807, 2.05) is 0 Å². The van der Waals surface area contributed by atoms with E-state index in [1.54, 1.807) is 45.0 Å². The zero-order chi connectivity index (χ0) is 26.6. The Kier molecular flexibility index (Phi) is 8.28. The molecule has 0 radical (unpaired) electrons. The van der Waals surface area contributed by atoms with Crippen molar-refractivity contribution in [1.82, 2.24) is 15.5 Å². The van der Waals surface area contributed by atoms with Gasteiger partial charge in [0, 0.05) is 24.8 Å². The lowest BCUT2D eigenvalue weighted by atomic mass is 10.0. The summed E-state index contributed by atoms with van der Waals surface area (Å²) in [4.78, 5) is 61.6. The van der Waals surface area contributed by atoms with Gasteiger partial charge < -0.3 is 25.2 Å². The Morgan fingerprint density at radius 2 is 1.83 bits per heavy atom. The van der Waals surface area contributed by atoms with Crippen molar-refractivity contribution in [3.05, 3.63) is 46.7 Å². The molecule has 0 unspecified atom stereocenters. The van der Waals surface area contributed by atoms with Crippen LogP contribution in [0.15, 0.2) is 35.5 Å². The first kappa shape index (κ1) is 27.1. The molecule has 194 valence electrons. The Labute approximate surface area is 212 Å². The van der Waals surface area contributed by atoms with Gasteiger partial charge in [-0.05, 0) is 31.9 Å². The van der Waals surface area contributed by atoms with Crippen molar-refractivity contribution >= 4 is 41.6 Å². The maximum Gasteiger partial charge on any atom is 0.407 e. The van der Waals surface area contributed by atoms with Gasteiger partial charge in [0.05, 0.1) is 6.42 Å². The standard InChI is InChI=1S/C24H29N3O8S/c1-13(28)34-11-16-12-36-21-18(20(30)27(21)19(16)22(31)32)26-17(29)9-14-7-5-6-8-15(14)10-25-23(33)35-24(2,3)4/h5-8,18,21H,9-12H2,1-4H3,(H,25,33)(H,26,29)(H,31,32)/t18-,21-/m1/s1. The molecule has 1 aromatic rings. The molecular weight excluding hydrogens is 490 g/mol. The van der Waals surface area contributed by atoms with Crippen LogP contribution in [0.4, 0.5) is 4.79 Å². The van der Waals surface area contributed by atoms with E-state index < -0.39 is 46.9 Å². The third-order valence-electron chi connectivity index (χ3n) is 5.31. The number of fused-ring (bicyclic) bond motifs is 1. The predicted molar refractivity (Wildman–Crippen MR) is 130 cm³/mol. The minimum absolute atomic E-state index is 0.0351. The number of alkyl carbamates (subject to hydrolysis) is 1. The molecule has 0 saturated carbocycles. The number of β-lactam (4-membered cyclic amide) rings is 1. The van der Waals surface area contributed by atoms with Gasteiger partial charge in [0.1, 0.15) is 29.3 Å². The zero-order valence-electron chi connectivity index (χ0n) is 20.5. The fraction of sp³-hybridized carbons (Fsp3) is 0.458. The Morgan fingerprint density at radius 3 is 2.44 bits per heavy atom. The molecule has 1 fully saturated rings. The van der Waals surface area contributed by atoms with E-state index in [-0.39, 0.29) is 31.0 Å². The van der Waals surface area contributed by atoms with Crippen molar-refractivity contribution < 1.29 is 38.6 Å². The number of nitrogens with one attached hydrogen (secondary N) is 2. The summed E-state index contributed by atoms with van der Waals surface area (Å²) in [7, 11) is 0. The largest absolute Gasteiger partial charge is 0.477 e. The molecule has 2 aliphatic heterocycles. The number of carboxylic acids is 1. The third-order valence-corrected chi connectivity index (χ3v) is 6.65. The number of esters is 1. The summed E-state index contributed by atoms with van der Waals surface area (Å²) in [5.74, 6) is -2.56. The topological polar surface area (TPSA) is 151 Å². The third kappa shape index (κ3) is 6.56. The van der Waals surface area contributed by atoms with Crippen molar-refractivity contribution in [3.63, 3.8) is 0 Å². The lowest BCUT2D eigenvalue weighted by Gasteiger charge is -2.49. The number of hydrogen-bond acceptors (Lipinski definition) is 8. The van der Waals surface area contributed by atoms with Crippen LogP contribution in [0.2, 0.25) is 0 Å². The Hall–Kier alpha value is -3.54. The van der Waals surface area contributed by atoms with Crippen LogP contribution in [0.5, 0.6) is 0 Å². The summed E-state index contributed by atoms with van der Waals surface area (Å²) in [5.41, 5.74) is 0.859. The van der Waals surface area contributed by atoms with Gasteiger partial charge >= 0.3 is 18.0 Å². The second-order valence-corrected chi connectivity index (χ2v) is 10.4. The van der Waals surface area contributed by atoms with Gasteiger partial charge in [-0.1, -0.05) is 24.3 Å². The lowest BCUT2D eigenvalue weighted by Crippen LogP contribution is -2.70. The molecule has 0 aliphatic carbocycles. The number of carbonyl (C=O) groups excluding carboxylic acids is 4. The summed E-state index contributed by atoms with van der Waals surface area (Å²) in [6.45, 7) is 6.43. The Morgan fingerprint density at radius 1 is 1.17 bits per heavy atom. The van der Waals surface area contributed by atoms with Crippen LogP contribution in [0.25, 0.3) is 0 Å². The van der Waals surface area contributed by atoms with E-state index in [0.29, 0.717) is 11.1 Å². The maximum atomic E-state index is 12.8. The molecule has 3 rings (SSSR count). The van der Waals surface area contributed by atoms with E-state index >= 15 is 0 Å². The highest BCUT2D eigenvalue weighted by atomic mass is 32.2. The molecule has 11 nitrogen and oxygen atoms in total. The van der Waals surface area contributed by atoms with E-state index in [4.69, 9.17) is 9.47 Å². The molecule has 2 aliphatic rings. The summed E-state index contributed by atoms with van der Waals surface area (Å²) in [6.07, 6.45) is -0.612. The van der Waals surface area contributed by atoms with Crippen LogP contribution in [-0.2, 0) is 41.6 Å². The number of thioether (sulfide) groups is 1. The summed E-state index contributed by atoms with van der Waals surface area (Å²) >= 11 is 1.29. The summed E-state index contributed by atoms with van der Waals surface area (Å²) in [6, 6.07) is 6.21. The molecule has 2 atom stereocenters. The number of ether oxygens (including phenoxy) is 2. The van der Waals surface area contributed by atoms with Gasteiger partial charge in [0.2, 0.25) is 5.91 Å². The quantitative estimate of drug-likeness (QED) is 0.343. The predicted octanol–water partition coefficient (Wildman–Crippen LogP) is 1.56. The van der Waals surface area contributed by atoms with Crippen molar-refractivity contribution in [2.24, 2.45) is 0 Å². The number of carbonyl (C=O) groups is 5. The van der Waals surface area contributed by atoms with Gasteiger partial charge in [-0.15, -0.1) is 11.8 Å². The van der Waals surface area contributed by atoms with Crippen molar-refractivity contribution in [2.75, 3.05) is 12.4 Å². The fourth-order valence-electron chi connectivity index (χ4n) is 3.76. The average Bonchev–Trinajstić information content (AvgIpc) is 2.78. The highest BCUT2D eigenvalue weighted by molar-refractivity contribution is 8.00. The number of rotatable bonds is 8. The summed E-state index contributed by atoms with van der Waals surface area (Å²) in [5, 5.41) is 14.4. The van der Waals surface area contributed by atoms with Crippen LogP contribution in [-0.4, -0.2) is 69.2 Å². The zero-order valence-corrected chi connectivity index (χ0v) is 21.3. The van der Waals surface area contributed by atoms with Crippen LogP contribution < -0.4 is 10.6 Å². The summed E-state index contributed by atoms with van der Waals surface area (Å²) < 4.78 is 10.2. The first-order chi connectivity index (χ1) is 16.9. The number of carboxylic acid groups (broad SMARTS) is 1.